The molecule has 2 aromatic carbocycles. The molecule has 0 amide bonds. The standard InChI is InChI=1S/C17H15FN2O/c1-11(21)15-5-2-12(10-19)8-17(15)20-7-6-13-3-4-14(18)9-16(13)20/h2-5,8-9,11,21H,6-7H2,1H3/t11-/m0/s1. The van der Waals surface area contributed by atoms with Gasteiger partial charge in [-0.2, -0.15) is 5.26 Å². The summed E-state index contributed by atoms with van der Waals surface area (Å²) in [4.78, 5) is 1.97. The third kappa shape index (κ3) is 2.37. The summed E-state index contributed by atoms with van der Waals surface area (Å²) in [6.07, 6.45) is 0.177. The van der Waals surface area contributed by atoms with Gasteiger partial charge in [-0.25, -0.2) is 4.39 Å². The number of rotatable bonds is 2. The van der Waals surface area contributed by atoms with Crippen LogP contribution in [0.2, 0.25) is 0 Å². The number of anilines is 2. The molecule has 1 N–H and O–H groups in total. The number of hydrogen-bond acceptors (Lipinski definition) is 3. The van der Waals surface area contributed by atoms with Gasteiger partial charge in [0.05, 0.1) is 17.7 Å². The van der Waals surface area contributed by atoms with E-state index in [0.717, 1.165) is 28.9 Å². The van der Waals surface area contributed by atoms with Crippen LogP contribution in [-0.4, -0.2) is 11.7 Å². The van der Waals surface area contributed by atoms with Gasteiger partial charge in [0.2, 0.25) is 0 Å². The molecule has 3 nitrogen and oxygen atoms in total. The van der Waals surface area contributed by atoms with E-state index >= 15 is 0 Å². The van der Waals surface area contributed by atoms with Crippen LogP contribution in [0.15, 0.2) is 36.4 Å². The van der Waals surface area contributed by atoms with Crippen LogP contribution < -0.4 is 4.90 Å². The number of nitrogens with zero attached hydrogens (tertiary/aromatic N) is 2. The number of halogens is 1. The zero-order valence-corrected chi connectivity index (χ0v) is 11.7. The molecule has 1 heterocycles. The molecule has 1 aliphatic rings. The van der Waals surface area contributed by atoms with Crippen molar-refractivity contribution in [3.63, 3.8) is 0 Å². The SMILES string of the molecule is C[C@H](O)c1ccc(C#N)cc1N1CCc2ccc(F)cc21. The Balaban J connectivity index is 2.14. The zero-order chi connectivity index (χ0) is 15.0. The number of hydrogen-bond donors (Lipinski definition) is 1. The Morgan fingerprint density at radius 3 is 2.76 bits per heavy atom. The second kappa shape index (κ2) is 5.19. The molecule has 0 aliphatic carbocycles. The average Bonchev–Trinajstić information content (AvgIpc) is 2.89. The van der Waals surface area contributed by atoms with Crippen molar-refractivity contribution in [2.24, 2.45) is 0 Å². The van der Waals surface area contributed by atoms with Crippen LogP contribution in [0.4, 0.5) is 15.8 Å². The summed E-state index contributed by atoms with van der Waals surface area (Å²) >= 11 is 0. The van der Waals surface area contributed by atoms with E-state index in [2.05, 4.69) is 6.07 Å². The topological polar surface area (TPSA) is 47.3 Å². The van der Waals surface area contributed by atoms with E-state index in [-0.39, 0.29) is 5.82 Å². The van der Waals surface area contributed by atoms with Crippen molar-refractivity contribution in [2.75, 3.05) is 11.4 Å². The fourth-order valence-electron chi connectivity index (χ4n) is 2.80. The first-order valence-corrected chi connectivity index (χ1v) is 6.88. The van der Waals surface area contributed by atoms with Gasteiger partial charge in [0.25, 0.3) is 0 Å². The number of aliphatic hydroxyl groups is 1. The predicted molar refractivity (Wildman–Crippen MR) is 78.9 cm³/mol. The van der Waals surface area contributed by atoms with E-state index < -0.39 is 6.10 Å². The first kappa shape index (κ1) is 13.6. The first-order chi connectivity index (χ1) is 10.1. The van der Waals surface area contributed by atoms with Gasteiger partial charge in [-0.15, -0.1) is 0 Å². The summed E-state index contributed by atoms with van der Waals surface area (Å²) in [5.74, 6) is -0.282. The number of benzene rings is 2. The number of nitriles is 1. The maximum Gasteiger partial charge on any atom is 0.125 e. The van der Waals surface area contributed by atoms with Crippen LogP contribution in [0.3, 0.4) is 0 Å². The maximum atomic E-state index is 13.5. The molecule has 0 spiro atoms. The fourth-order valence-corrected chi connectivity index (χ4v) is 2.80. The fraction of sp³-hybridized carbons (Fsp3) is 0.235. The van der Waals surface area contributed by atoms with Crippen molar-refractivity contribution < 1.29 is 9.50 Å². The van der Waals surface area contributed by atoms with E-state index in [1.165, 1.54) is 12.1 Å². The molecule has 21 heavy (non-hydrogen) atoms. The van der Waals surface area contributed by atoms with Gasteiger partial charge in [-0.05, 0) is 43.2 Å². The molecule has 0 radical (unpaired) electrons. The summed E-state index contributed by atoms with van der Waals surface area (Å²) in [5.41, 5.74) is 3.93. The minimum atomic E-state index is -0.648. The lowest BCUT2D eigenvalue weighted by Gasteiger charge is -2.24. The van der Waals surface area contributed by atoms with Gasteiger partial charge < -0.3 is 10.0 Å². The number of aliphatic hydroxyl groups excluding tert-OH is 1. The van der Waals surface area contributed by atoms with Crippen molar-refractivity contribution in [3.8, 4) is 6.07 Å². The normalized spacial score (nSPS) is 14.7. The van der Waals surface area contributed by atoms with E-state index in [0.29, 0.717) is 12.1 Å². The molecule has 106 valence electrons. The molecule has 0 saturated heterocycles. The molecule has 0 saturated carbocycles. The summed E-state index contributed by atoms with van der Waals surface area (Å²) in [5, 5.41) is 19.0. The van der Waals surface area contributed by atoms with Crippen LogP contribution in [0.5, 0.6) is 0 Å². The lowest BCUT2D eigenvalue weighted by Crippen LogP contribution is -2.16. The second-order valence-electron chi connectivity index (χ2n) is 5.24. The van der Waals surface area contributed by atoms with E-state index in [4.69, 9.17) is 5.26 Å². The number of fused-ring (bicyclic) bond motifs is 1. The summed E-state index contributed by atoms with van der Waals surface area (Å²) in [6.45, 7) is 2.40. The second-order valence-corrected chi connectivity index (χ2v) is 5.24. The molecule has 1 aliphatic heterocycles. The molecule has 2 aromatic rings. The van der Waals surface area contributed by atoms with Gasteiger partial charge in [0, 0.05) is 23.5 Å². The van der Waals surface area contributed by atoms with Crippen LogP contribution >= 0.6 is 0 Å². The molecule has 0 bridgehead atoms. The minimum Gasteiger partial charge on any atom is -0.389 e. The molecule has 0 fully saturated rings. The van der Waals surface area contributed by atoms with Crippen LogP contribution in [0, 0.1) is 17.1 Å². The van der Waals surface area contributed by atoms with E-state index in [9.17, 15) is 9.50 Å². The summed E-state index contributed by atoms with van der Waals surface area (Å²) < 4.78 is 13.5. The minimum absolute atomic E-state index is 0.282. The quantitative estimate of drug-likeness (QED) is 0.917. The van der Waals surface area contributed by atoms with Crippen molar-refractivity contribution >= 4 is 11.4 Å². The summed E-state index contributed by atoms with van der Waals surface area (Å²) in [6, 6.07) is 12.1. The van der Waals surface area contributed by atoms with Gasteiger partial charge in [-0.1, -0.05) is 12.1 Å². The lowest BCUT2D eigenvalue weighted by atomic mass is 10.0. The third-order valence-electron chi connectivity index (χ3n) is 3.84. The van der Waals surface area contributed by atoms with Crippen LogP contribution in [-0.2, 0) is 6.42 Å². The molecule has 3 rings (SSSR count). The largest absolute Gasteiger partial charge is 0.389 e. The molecule has 1 atom stereocenters. The van der Waals surface area contributed by atoms with Crippen molar-refractivity contribution in [2.45, 2.75) is 19.4 Å². The Kier molecular flexibility index (Phi) is 3.36. The monoisotopic (exact) mass is 282 g/mol. The summed E-state index contributed by atoms with van der Waals surface area (Å²) in [7, 11) is 0. The van der Waals surface area contributed by atoms with Crippen LogP contribution in [0.1, 0.15) is 29.7 Å². The highest BCUT2D eigenvalue weighted by molar-refractivity contribution is 5.73. The first-order valence-electron chi connectivity index (χ1n) is 6.88. The zero-order valence-electron chi connectivity index (χ0n) is 11.7. The van der Waals surface area contributed by atoms with E-state index in [1.54, 1.807) is 31.2 Å². The molecule has 0 unspecified atom stereocenters. The van der Waals surface area contributed by atoms with Crippen molar-refractivity contribution in [1.82, 2.24) is 0 Å². The Labute approximate surface area is 122 Å². The smallest absolute Gasteiger partial charge is 0.125 e. The van der Waals surface area contributed by atoms with Gasteiger partial charge in [0.15, 0.2) is 0 Å². The molecular weight excluding hydrogens is 267 g/mol. The lowest BCUT2D eigenvalue weighted by molar-refractivity contribution is 0.200. The third-order valence-corrected chi connectivity index (χ3v) is 3.84. The Bertz CT molecular complexity index is 734. The average molecular weight is 282 g/mol. The highest BCUT2D eigenvalue weighted by Crippen LogP contribution is 2.38. The predicted octanol–water partition coefficient (Wildman–Crippen LogP) is 3.44. The Morgan fingerprint density at radius 2 is 2.05 bits per heavy atom. The Morgan fingerprint density at radius 1 is 1.24 bits per heavy atom. The highest BCUT2D eigenvalue weighted by Gasteiger charge is 2.24. The Hall–Kier alpha value is -2.38. The van der Waals surface area contributed by atoms with Gasteiger partial charge in [-0.3, -0.25) is 0 Å². The van der Waals surface area contributed by atoms with Gasteiger partial charge >= 0.3 is 0 Å². The van der Waals surface area contributed by atoms with Crippen molar-refractivity contribution in [3.05, 3.63) is 58.9 Å². The maximum absolute atomic E-state index is 13.5. The van der Waals surface area contributed by atoms with Crippen molar-refractivity contribution in [1.29, 1.82) is 5.26 Å². The molecule has 0 aromatic heterocycles. The molecule has 4 heteroatoms. The highest BCUT2D eigenvalue weighted by atomic mass is 19.1. The van der Waals surface area contributed by atoms with Gasteiger partial charge in [0.1, 0.15) is 5.82 Å². The molecular formula is C17H15FN2O. The van der Waals surface area contributed by atoms with Crippen LogP contribution in [0.25, 0.3) is 0 Å². The van der Waals surface area contributed by atoms with E-state index in [1.807, 2.05) is 4.90 Å².